The Hall–Kier alpha value is -2.15. The molecule has 7 nitrogen and oxygen atoms in total. The molecule has 0 aliphatic rings. The zero-order valence-corrected chi connectivity index (χ0v) is 10.0. The second-order valence-corrected chi connectivity index (χ2v) is 3.73. The fourth-order valence-corrected chi connectivity index (χ4v) is 1.60. The summed E-state index contributed by atoms with van der Waals surface area (Å²) in [5, 5.41) is 11.9. The number of primary amides is 1. The summed E-state index contributed by atoms with van der Waals surface area (Å²) >= 11 is 5.88. The van der Waals surface area contributed by atoms with Gasteiger partial charge in [-0.15, -0.1) is 0 Å². The highest BCUT2D eigenvalue weighted by molar-refractivity contribution is 6.34. The number of carbonyl (C=O) groups is 2. The molecule has 98 valence electrons. The van der Waals surface area contributed by atoms with E-state index in [2.05, 4.69) is 10.1 Å². The van der Waals surface area contributed by atoms with Gasteiger partial charge in [-0.1, -0.05) is 11.6 Å². The third-order valence-corrected chi connectivity index (χ3v) is 2.29. The van der Waals surface area contributed by atoms with Crippen molar-refractivity contribution in [2.45, 2.75) is 0 Å². The number of ether oxygens (including phenoxy) is 1. The number of anilines is 2. The van der Waals surface area contributed by atoms with Crippen molar-refractivity contribution in [1.82, 2.24) is 0 Å². The highest BCUT2D eigenvalue weighted by Crippen LogP contribution is 2.29. The summed E-state index contributed by atoms with van der Waals surface area (Å²) in [6.45, 7) is 0.169. The van der Waals surface area contributed by atoms with Gasteiger partial charge in [0, 0.05) is 12.2 Å². The second kappa shape index (κ2) is 5.97. The summed E-state index contributed by atoms with van der Waals surface area (Å²) in [6.07, 6.45) is -0.904. The van der Waals surface area contributed by atoms with Crippen molar-refractivity contribution in [3.63, 3.8) is 0 Å². The van der Waals surface area contributed by atoms with Gasteiger partial charge in [-0.25, -0.2) is 9.59 Å². The molecule has 1 amide bonds. The maximum absolute atomic E-state index is 11.0. The lowest BCUT2D eigenvalue weighted by Crippen LogP contribution is -2.19. The highest BCUT2D eigenvalue weighted by atomic mass is 35.5. The third kappa shape index (κ3) is 3.70. The number of halogens is 1. The molecule has 0 aliphatic carbocycles. The summed E-state index contributed by atoms with van der Waals surface area (Å²) in [4.78, 5) is 21.3. The fraction of sp³-hybridized carbons (Fsp3) is 0.200. The minimum Gasteiger partial charge on any atom is -0.478 e. The lowest BCUT2D eigenvalue weighted by atomic mass is 10.1. The van der Waals surface area contributed by atoms with Gasteiger partial charge in [0.05, 0.1) is 16.3 Å². The van der Waals surface area contributed by atoms with Crippen LogP contribution < -0.4 is 16.8 Å². The van der Waals surface area contributed by atoms with E-state index in [4.69, 9.17) is 28.2 Å². The number of aromatic carboxylic acids is 1. The lowest BCUT2D eigenvalue weighted by molar-refractivity contribution is 0.0697. The van der Waals surface area contributed by atoms with Crippen molar-refractivity contribution in [2.75, 3.05) is 24.2 Å². The number of carbonyl (C=O) groups excluding carboxylic acids is 1. The molecule has 0 unspecified atom stereocenters. The van der Waals surface area contributed by atoms with Crippen molar-refractivity contribution >= 4 is 35.0 Å². The molecule has 1 rings (SSSR count). The van der Waals surface area contributed by atoms with Crippen LogP contribution >= 0.6 is 11.6 Å². The van der Waals surface area contributed by atoms with Crippen LogP contribution in [0.4, 0.5) is 16.2 Å². The van der Waals surface area contributed by atoms with E-state index in [0.717, 1.165) is 0 Å². The molecular formula is C10H12ClN3O4. The molecule has 0 radical (unpaired) electrons. The first-order valence-corrected chi connectivity index (χ1v) is 5.28. The average Bonchev–Trinajstić information content (AvgIpc) is 2.25. The van der Waals surface area contributed by atoms with Crippen LogP contribution in [0.5, 0.6) is 0 Å². The van der Waals surface area contributed by atoms with Gasteiger partial charge in [0.2, 0.25) is 0 Å². The minimum absolute atomic E-state index is 0.00486. The Bertz CT molecular complexity index is 478. The molecule has 0 fully saturated rings. The first-order valence-electron chi connectivity index (χ1n) is 4.90. The molecule has 0 spiro atoms. The number of rotatable bonds is 5. The van der Waals surface area contributed by atoms with Gasteiger partial charge >= 0.3 is 12.1 Å². The van der Waals surface area contributed by atoms with E-state index in [9.17, 15) is 9.59 Å². The monoisotopic (exact) mass is 273 g/mol. The number of hydrogen-bond donors (Lipinski definition) is 4. The van der Waals surface area contributed by atoms with Crippen LogP contribution in [0.3, 0.4) is 0 Å². The number of nitrogens with one attached hydrogen (secondary N) is 1. The Morgan fingerprint density at radius 1 is 1.44 bits per heavy atom. The van der Waals surface area contributed by atoms with Crippen LogP contribution in [0.1, 0.15) is 10.4 Å². The van der Waals surface area contributed by atoms with E-state index >= 15 is 0 Å². The van der Waals surface area contributed by atoms with Crippen molar-refractivity contribution in [3.8, 4) is 0 Å². The summed E-state index contributed by atoms with van der Waals surface area (Å²) in [7, 11) is 0. The average molecular weight is 274 g/mol. The predicted molar refractivity (Wildman–Crippen MR) is 66.8 cm³/mol. The zero-order chi connectivity index (χ0) is 13.7. The predicted octanol–water partition coefficient (Wildman–Crippen LogP) is 1.13. The third-order valence-electron chi connectivity index (χ3n) is 1.99. The summed E-state index contributed by atoms with van der Waals surface area (Å²) in [5.74, 6) is -1.16. The van der Waals surface area contributed by atoms with E-state index in [1.165, 1.54) is 12.1 Å². The van der Waals surface area contributed by atoms with Crippen LogP contribution in [0.25, 0.3) is 0 Å². The maximum Gasteiger partial charge on any atom is 0.404 e. The van der Waals surface area contributed by atoms with Crippen molar-refractivity contribution in [1.29, 1.82) is 0 Å². The standard InChI is InChI=1S/C10H12ClN3O4/c11-7-4-5(12)3-6(9(15)16)8(7)14-1-2-18-10(13)17/h3-4,14H,1-2,12H2,(H2,13,17)(H,15,16). The first-order chi connectivity index (χ1) is 8.41. The van der Waals surface area contributed by atoms with Gasteiger partial charge in [0.15, 0.2) is 0 Å². The van der Waals surface area contributed by atoms with E-state index < -0.39 is 12.1 Å². The number of carboxylic acids is 1. The SMILES string of the molecule is NC(=O)OCCNc1c(Cl)cc(N)cc1C(=O)O. The van der Waals surface area contributed by atoms with E-state index in [0.29, 0.717) is 0 Å². The largest absolute Gasteiger partial charge is 0.478 e. The van der Waals surface area contributed by atoms with Crippen LogP contribution in [0, 0.1) is 0 Å². The van der Waals surface area contributed by atoms with Crippen LogP contribution in [-0.2, 0) is 4.74 Å². The zero-order valence-electron chi connectivity index (χ0n) is 9.27. The molecule has 0 aromatic heterocycles. The van der Waals surface area contributed by atoms with E-state index in [-0.39, 0.29) is 35.1 Å². The molecule has 1 aromatic rings. The van der Waals surface area contributed by atoms with E-state index in [1.54, 1.807) is 0 Å². The number of benzene rings is 1. The fourth-order valence-electron chi connectivity index (χ4n) is 1.30. The van der Waals surface area contributed by atoms with E-state index in [1.807, 2.05) is 0 Å². The van der Waals surface area contributed by atoms with Crippen molar-refractivity contribution < 1.29 is 19.4 Å². The molecule has 1 aromatic carbocycles. The number of carboxylic acid groups (broad SMARTS) is 1. The molecule has 0 aliphatic heterocycles. The first kappa shape index (κ1) is 13.9. The molecule has 0 heterocycles. The van der Waals surface area contributed by atoms with Crippen molar-refractivity contribution in [2.24, 2.45) is 5.73 Å². The Kier molecular flexibility index (Phi) is 4.61. The smallest absolute Gasteiger partial charge is 0.404 e. The normalized spacial score (nSPS) is 9.83. The number of hydrogen-bond acceptors (Lipinski definition) is 5. The van der Waals surface area contributed by atoms with Crippen LogP contribution in [0.15, 0.2) is 12.1 Å². The highest BCUT2D eigenvalue weighted by Gasteiger charge is 2.14. The van der Waals surface area contributed by atoms with Crippen molar-refractivity contribution in [3.05, 3.63) is 22.7 Å². The molecule has 0 saturated carbocycles. The second-order valence-electron chi connectivity index (χ2n) is 3.32. The number of nitrogens with two attached hydrogens (primary N) is 2. The molecule has 8 heteroatoms. The van der Waals surface area contributed by atoms with Gasteiger partial charge in [-0.3, -0.25) is 0 Å². The Balaban J connectivity index is 2.80. The molecule has 0 saturated heterocycles. The Labute approximate surface area is 108 Å². The molecule has 0 atom stereocenters. The summed E-state index contributed by atoms with van der Waals surface area (Å²) in [5.41, 5.74) is 10.7. The van der Waals surface area contributed by atoms with Gasteiger partial charge in [-0.2, -0.15) is 0 Å². The molecule has 0 bridgehead atoms. The maximum atomic E-state index is 11.0. The number of nitrogen functional groups attached to an aromatic ring is 1. The van der Waals surface area contributed by atoms with Crippen LogP contribution in [-0.4, -0.2) is 30.3 Å². The van der Waals surface area contributed by atoms with Gasteiger partial charge < -0.3 is 26.6 Å². The Morgan fingerprint density at radius 2 is 2.11 bits per heavy atom. The summed E-state index contributed by atoms with van der Waals surface area (Å²) < 4.78 is 4.49. The quantitative estimate of drug-likeness (QED) is 0.470. The van der Waals surface area contributed by atoms with Crippen LogP contribution in [0.2, 0.25) is 5.02 Å². The molecular weight excluding hydrogens is 262 g/mol. The Morgan fingerprint density at radius 3 is 2.67 bits per heavy atom. The lowest BCUT2D eigenvalue weighted by Gasteiger charge is -2.12. The van der Waals surface area contributed by atoms with Gasteiger partial charge in [0.25, 0.3) is 0 Å². The number of amides is 1. The van der Waals surface area contributed by atoms with Gasteiger partial charge in [0.1, 0.15) is 6.61 Å². The minimum atomic E-state index is -1.16. The molecule has 18 heavy (non-hydrogen) atoms. The van der Waals surface area contributed by atoms with Gasteiger partial charge in [-0.05, 0) is 12.1 Å². The summed E-state index contributed by atoms with van der Waals surface area (Å²) in [6, 6.07) is 2.71. The topological polar surface area (TPSA) is 128 Å². The molecule has 6 N–H and O–H groups in total.